The average Bonchev–Trinajstić information content (AvgIpc) is 2.42. The van der Waals surface area contributed by atoms with Gasteiger partial charge in [0.15, 0.2) is 0 Å². The van der Waals surface area contributed by atoms with Gasteiger partial charge in [-0.15, -0.1) is 0 Å². The first-order chi connectivity index (χ1) is 12.7. The van der Waals surface area contributed by atoms with Crippen molar-refractivity contribution in [1.82, 2.24) is 10.6 Å². The van der Waals surface area contributed by atoms with Crippen molar-refractivity contribution >= 4 is 29.8 Å². The van der Waals surface area contributed by atoms with Crippen LogP contribution in [0.5, 0.6) is 0 Å². The summed E-state index contributed by atoms with van der Waals surface area (Å²) in [5.74, 6) is -2.85. The molecule has 154 valence electrons. The van der Waals surface area contributed by atoms with Crippen molar-refractivity contribution < 1.29 is 33.4 Å². The Morgan fingerprint density at radius 1 is 0.964 bits per heavy atom. The number of amides is 2. The number of nitrogens with one attached hydrogen (secondary N) is 2. The molecule has 0 fully saturated rings. The number of hydrogen-bond acceptors (Lipinski definition) is 6. The lowest BCUT2D eigenvalue weighted by Gasteiger charge is -2.22. The number of carbonyl (C=O) groups excluding carboxylic acids is 2. The maximum absolute atomic E-state index is 13.8. The Hall–Kier alpha value is -3.17. The summed E-state index contributed by atoms with van der Waals surface area (Å²) < 4.78 is 24.0. The summed E-state index contributed by atoms with van der Waals surface area (Å²) in [7, 11) is 0. The Balaban J connectivity index is 3.13. The van der Waals surface area contributed by atoms with E-state index in [0.717, 1.165) is 12.1 Å². The molecule has 0 bridgehead atoms. The van der Waals surface area contributed by atoms with Crippen LogP contribution < -0.4 is 10.6 Å². The second-order valence-corrected chi connectivity index (χ2v) is 7.68. The van der Waals surface area contributed by atoms with Crippen LogP contribution in [0.3, 0.4) is 0 Å². The van der Waals surface area contributed by atoms with Gasteiger partial charge in [0.25, 0.3) is 0 Å². The minimum Gasteiger partial charge on any atom is -0.478 e. The van der Waals surface area contributed by atoms with Crippen LogP contribution in [0, 0.1) is 5.82 Å². The van der Waals surface area contributed by atoms with E-state index in [1.54, 1.807) is 41.5 Å². The fourth-order valence-electron chi connectivity index (χ4n) is 1.76. The van der Waals surface area contributed by atoms with Crippen LogP contribution in [0.1, 0.15) is 51.9 Å². The third-order valence-electron chi connectivity index (χ3n) is 2.66. The molecule has 0 saturated carbocycles. The smallest absolute Gasteiger partial charge is 0.414 e. The molecule has 0 saturated heterocycles. The summed E-state index contributed by atoms with van der Waals surface area (Å²) in [6.45, 7) is 9.86. The topological polar surface area (TPSA) is 126 Å². The van der Waals surface area contributed by atoms with E-state index in [0.29, 0.717) is 0 Å². The molecule has 0 aliphatic rings. The highest BCUT2D eigenvalue weighted by atomic mass is 19.1. The van der Waals surface area contributed by atoms with Gasteiger partial charge in [-0.1, -0.05) is 0 Å². The maximum Gasteiger partial charge on any atom is 0.414 e. The van der Waals surface area contributed by atoms with Crippen LogP contribution in [0.15, 0.2) is 23.2 Å². The first kappa shape index (κ1) is 22.9. The average molecular weight is 397 g/mol. The Labute approximate surface area is 161 Å². The molecule has 1 aromatic rings. The number of carboxylic acid groups (broad SMARTS) is 1. The number of nitrogens with zero attached hydrogens (tertiary/aromatic N) is 1. The number of carbonyl (C=O) groups is 3. The van der Waals surface area contributed by atoms with Crippen molar-refractivity contribution in [2.24, 2.45) is 4.99 Å². The summed E-state index contributed by atoms with van der Waals surface area (Å²) in [5, 5.41) is 13.3. The van der Waals surface area contributed by atoms with E-state index in [2.05, 4.69) is 15.6 Å². The number of carboxylic acids is 1. The van der Waals surface area contributed by atoms with Gasteiger partial charge in [0.1, 0.15) is 17.0 Å². The third-order valence-corrected chi connectivity index (χ3v) is 2.66. The van der Waals surface area contributed by atoms with Crippen LogP contribution >= 0.6 is 0 Å². The number of aromatic carboxylic acids is 1. The molecule has 0 aliphatic carbocycles. The number of aliphatic imine (C=N–C) groups is 1. The lowest BCUT2D eigenvalue weighted by Crippen LogP contribution is -2.47. The van der Waals surface area contributed by atoms with E-state index in [1.807, 2.05) is 0 Å². The molecule has 1 aromatic carbocycles. The minimum atomic E-state index is -1.44. The second kappa shape index (κ2) is 8.68. The van der Waals surface area contributed by atoms with Gasteiger partial charge in [-0.25, -0.2) is 23.8 Å². The highest BCUT2D eigenvalue weighted by molar-refractivity contribution is 6.02. The molecule has 0 aliphatic heterocycles. The highest BCUT2D eigenvalue weighted by Crippen LogP contribution is 2.17. The van der Waals surface area contributed by atoms with Crippen molar-refractivity contribution in [3.63, 3.8) is 0 Å². The zero-order valence-corrected chi connectivity index (χ0v) is 16.5. The monoisotopic (exact) mass is 397 g/mol. The van der Waals surface area contributed by atoms with Gasteiger partial charge in [-0.2, -0.15) is 0 Å². The van der Waals surface area contributed by atoms with Crippen LogP contribution in [-0.4, -0.2) is 40.4 Å². The lowest BCUT2D eigenvalue weighted by atomic mass is 10.2. The molecular weight excluding hydrogens is 373 g/mol. The molecule has 2 amide bonds. The molecule has 0 heterocycles. The van der Waals surface area contributed by atoms with Crippen LogP contribution in [0.4, 0.5) is 19.7 Å². The molecule has 1 rings (SSSR count). The Morgan fingerprint density at radius 2 is 1.43 bits per heavy atom. The Bertz CT molecular complexity index is 761. The van der Waals surface area contributed by atoms with Gasteiger partial charge < -0.3 is 14.6 Å². The van der Waals surface area contributed by atoms with Gasteiger partial charge in [0.2, 0.25) is 5.96 Å². The second-order valence-electron chi connectivity index (χ2n) is 7.68. The molecular formula is C18H24FN3O6. The molecule has 0 unspecified atom stereocenters. The van der Waals surface area contributed by atoms with E-state index in [-0.39, 0.29) is 11.6 Å². The SMILES string of the molecule is CC(C)(C)OC(=O)NC(=Nc1ccc(C(=O)O)c(F)c1)NC(=O)OC(C)(C)C. The molecule has 0 aromatic heterocycles. The molecule has 0 atom stereocenters. The quantitative estimate of drug-likeness (QED) is 0.517. The number of halogens is 1. The van der Waals surface area contributed by atoms with Crippen LogP contribution in [0.25, 0.3) is 0 Å². The van der Waals surface area contributed by atoms with E-state index in [9.17, 15) is 18.8 Å². The van der Waals surface area contributed by atoms with Crippen molar-refractivity contribution in [2.45, 2.75) is 52.7 Å². The first-order valence-corrected chi connectivity index (χ1v) is 8.28. The number of benzene rings is 1. The highest BCUT2D eigenvalue weighted by Gasteiger charge is 2.21. The summed E-state index contributed by atoms with van der Waals surface area (Å²) in [4.78, 5) is 38.8. The van der Waals surface area contributed by atoms with Crippen molar-refractivity contribution in [3.8, 4) is 0 Å². The number of hydrogen-bond donors (Lipinski definition) is 3. The lowest BCUT2D eigenvalue weighted by molar-refractivity contribution is 0.0543. The van der Waals surface area contributed by atoms with Crippen molar-refractivity contribution in [1.29, 1.82) is 0 Å². The predicted molar refractivity (Wildman–Crippen MR) is 99.2 cm³/mol. The Morgan fingerprint density at radius 3 is 1.79 bits per heavy atom. The third kappa shape index (κ3) is 8.47. The van der Waals surface area contributed by atoms with E-state index < -0.39 is 40.7 Å². The van der Waals surface area contributed by atoms with E-state index >= 15 is 0 Å². The normalized spacial score (nSPS) is 11.2. The van der Waals surface area contributed by atoms with E-state index in [1.165, 1.54) is 6.07 Å². The molecule has 9 nitrogen and oxygen atoms in total. The molecule has 3 N–H and O–H groups in total. The number of alkyl carbamates (subject to hydrolysis) is 2. The van der Waals surface area contributed by atoms with Gasteiger partial charge in [-0.05, 0) is 53.7 Å². The zero-order valence-electron chi connectivity index (χ0n) is 16.5. The fraction of sp³-hybridized carbons (Fsp3) is 0.444. The van der Waals surface area contributed by atoms with Crippen LogP contribution in [0.2, 0.25) is 0 Å². The fourth-order valence-corrected chi connectivity index (χ4v) is 1.76. The standard InChI is InChI=1S/C18H24FN3O6/c1-17(2,3)27-15(25)21-14(22-16(26)28-18(4,5)6)20-10-7-8-11(13(23)24)12(19)9-10/h7-9H,1-6H3,(H,23,24)(H2,20,21,22,25,26). The zero-order chi connectivity index (χ0) is 21.7. The molecule has 0 spiro atoms. The predicted octanol–water partition coefficient (Wildman–Crippen LogP) is 3.56. The largest absolute Gasteiger partial charge is 0.478 e. The first-order valence-electron chi connectivity index (χ1n) is 8.28. The van der Waals surface area contributed by atoms with Gasteiger partial charge in [0, 0.05) is 6.07 Å². The van der Waals surface area contributed by atoms with Crippen LogP contribution in [-0.2, 0) is 9.47 Å². The molecule has 10 heteroatoms. The Kier molecular flexibility index (Phi) is 7.09. The number of ether oxygens (including phenoxy) is 2. The van der Waals surface area contributed by atoms with E-state index in [4.69, 9.17) is 14.6 Å². The summed E-state index contributed by atoms with van der Waals surface area (Å²) in [5.41, 5.74) is -2.21. The van der Waals surface area contributed by atoms with Crippen molar-refractivity contribution in [3.05, 3.63) is 29.6 Å². The van der Waals surface area contributed by atoms with Gasteiger partial charge in [0.05, 0.1) is 11.3 Å². The van der Waals surface area contributed by atoms with Crippen molar-refractivity contribution in [2.75, 3.05) is 0 Å². The summed E-state index contributed by atoms with van der Waals surface area (Å²) >= 11 is 0. The van der Waals surface area contributed by atoms with Gasteiger partial charge in [-0.3, -0.25) is 10.6 Å². The summed E-state index contributed by atoms with van der Waals surface area (Å²) in [6.07, 6.45) is -1.82. The summed E-state index contributed by atoms with van der Waals surface area (Å²) in [6, 6.07) is 3.06. The minimum absolute atomic E-state index is 0.0513. The molecule has 28 heavy (non-hydrogen) atoms. The number of rotatable bonds is 2. The maximum atomic E-state index is 13.8. The number of guanidine groups is 1. The van der Waals surface area contributed by atoms with Gasteiger partial charge >= 0.3 is 18.2 Å². The molecule has 0 radical (unpaired) electrons.